The number of fused-ring (bicyclic) bond motifs is 10. The molecule has 13 nitrogen and oxygen atoms in total. The third-order valence-electron chi connectivity index (χ3n) is 17.6. The third kappa shape index (κ3) is 4.31. The SMILES string of the molecule is COC(=O)[N+]1(S(=O)(=O)C[C@@]23CCC([C@@H]4CCO[C@@H]42)C3(C)C)CCC[C@@]1(C)O[C@@]1(C)CCC[N+]1(C(=O)OC)S(=O)(=O)C[C@]12CC[C@@H]([C@@H]3CCO[C@@H]31)C2(C)C. The van der Waals surface area contributed by atoms with Gasteiger partial charge in [0.25, 0.3) is 0 Å². The molecule has 0 aromatic rings. The van der Waals surface area contributed by atoms with E-state index in [9.17, 15) is 9.59 Å². The Morgan fingerprint density at radius 3 is 1.36 bits per heavy atom. The Kier molecular flexibility index (Phi) is 8.44. The van der Waals surface area contributed by atoms with Crippen LogP contribution in [0.2, 0.25) is 0 Å². The summed E-state index contributed by atoms with van der Waals surface area (Å²) in [7, 11) is -6.49. The fraction of sp³-hybridized carbons (Fsp3) is 0.947. The highest BCUT2D eigenvalue weighted by Gasteiger charge is 2.80. The maximum Gasteiger partial charge on any atom is 0.533 e. The van der Waals surface area contributed by atoms with Gasteiger partial charge >= 0.3 is 32.2 Å². The first-order valence-corrected chi connectivity index (χ1v) is 23.2. The number of amides is 2. The number of hydrogen-bond donors (Lipinski definition) is 0. The summed E-state index contributed by atoms with van der Waals surface area (Å²) in [5.74, 6) is 0.613. The fourth-order valence-corrected chi connectivity index (χ4v) is 20.9. The fourth-order valence-electron chi connectivity index (χ4n) is 14.9. The van der Waals surface area contributed by atoms with Crippen molar-refractivity contribution in [2.45, 2.75) is 129 Å². The van der Waals surface area contributed by atoms with Crippen LogP contribution in [0.4, 0.5) is 9.59 Å². The molecule has 4 aliphatic carbocycles. The van der Waals surface area contributed by atoms with Gasteiger partial charge < -0.3 is 18.9 Å². The summed E-state index contributed by atoms with van der Waals surface area (Å²) < 4.78 is 89.9. The lowest BCUT2D eigenvalue weighted by molar-refractivity contribution is -0.866. The highest BCUT2D eigenvalue weighted by atomic mass is 32.2. The number of carbonyl (C=O) groups is 2. The maximum atomic E-state index is 15.4. The number of ether oxygens (including phenoxy) is 5. The third-order valence-corrected chi connectivity index (χ3v) is 22.7. The molecule has 4 aliphatic heterocycles. The minimum Gasteiger partial charge on any atom is -0.422 e. The number of likely N-dealkylation sites (tertiary alicyclic amines) is 2. The molecule has 0 N–H and O–H groups in total. The molecule has 4 heterocycles. The predicted octanol–water partition coefficient (Wildman–Crippen LogP) is 5.53. The Morgan fingerprint density at radius 1 is 0.623 bits per heavy atom. The van der Waals surface area contributed by atoms with Crippen LogP contribution in [0.5, 0.6) is 0 Å². The van der Waals surface area contributed by atoms with Crippen LogP contribution < -0.4 is 0 Å². The normalized spacial score (nSPS) is 49.0. The molecule has 8 fully saturated rings. The van der Waals surface area contributed by atoms with Gasteiger partial charge in [-0.2, -0.15) is 26.4 Å². The van der Waals surface area contributed by atoms with Crippen LogP contribution in [0.15, 0.2) is 0 Å². The van der Waals surface area contributed by atoms with Gasteiger partial charge in [0, 0.05) is 63.6 Å². The van der Waals surface area contributed by atoms with E-state index in [0.29, 0.717) is 50.7 Å². The quantitative estimate of drug-likeness (QED) is 0.286. The molecule has 0 radical (unpaired) electrons. The van der Waals surface area contributed by atoms with Crippen molar-refractivity contribution in [2.75, 3.05) is 52.0 Å². The Balaban J connectivity index is 1.20. The zero-order chi connectivity index (χ0) is 38.5. The van der Waals surface area contributed by atoms with Crippen LogP contribution in [0.25, 0.3) is 0 Å². The number of methoxy groups -OCH3 is 2. The van der Waals surface area contributed by atoms with Crippen molar-refractivity contribution in [3.63, 3.8) is 0 Å². The molecule has 4 bridgehead atoms. The van der Waals surface area contributed by atoms with Gasteiger partial charge in [-0.1, -0.05) is 35.5 Å². The second-order valence-electron chi connectivity index (χ2n) is 19.5. The first-order valence-electron chi connectivity index (χ1n) is 20.0. The summed E-state index contributed by atoms with van der Waals surface area (Å²) in [4.78, 5) is 28.6. The van der Waals surface area contributed by atoms with Gasteiger partial charge in [0.15, 0.2) is 0 Å². The lowest BCUT2D eigenvalue weighted by atomic mass is 9.69. The first-order chi connectivity index (χ1) is 24.6. The van der Waals surface area contributed by atoms with Crippen molar-refractivity contribution in [1.82, 2.24) is 0 Å². The van der Waals surface area contributed by atoms with Crippen LogP contribution >= 0.6 is 0 Å². The molecule has 3 unspecified atom stereocenters. The Hall–Kier alpha value is -1.36. The monoisotopic (exact) mass is 786 g/mol. The minimum atomic E-state index is -4.43. The van der Waals surface area contributed by atoms with E-state index < -0.39 is 62.3 Å². The van der Waals surface area contributed by atoms with Crippen LogP contribution in [0.3, 0.4) is 0 Å². The topological polar surface area (TPSA) is 149 Å². The van der Waals surface area contributed by atoms with Gasteiger partial charge in [0.1, 0.15) is 24.6 Å². The van der Waals surface area contributed by atoms with Crippen molar-refractivity contribution in [3.05, 3.63) is 0 Å². The van der Waals surface area contributed by atoms with Crippen LogP contribution in [0.1, 0.15) is 106 Å². The summed E-state index contributed by atoms with van der Waals surface area (Å²) in [6, 6.07) is 0. The molecule has 0 spiro atoms. The lowest BCUT2D eigenvalue weighted by Gasteiger charge is -2.50. The molecule has 0 aromatic carbocycles. The summed E-state index contributed by atoms with van der Waals surface area (Å²) in [5.41, 5.74) is -5.67. The van der Waals surface area contributed by atoms with Crippen LogP contribution in [0, 0.1) is 45.3 Å². The number of nitrogens with zero attached hydrogens (tertiary/aromatic N) is 2. The van der Waals surface area contributed by atoms with E-state index in [2.05, 4.69) is 27.7 Å². The summed E-state index contributed by atoms with van der Waals surface area (Å²) in [5, 5.41) is 0. The van der Waals surface area contributed by atoms with Gasteiger partial charge in [-0.3, -0.25) is 4.74 Å². The second kappa shape index (κ2) is 11.6. The van der Waals surface area contributed by atoms with E-state index in [1.807, 2.05) is 0 Å². The molecule has 0 aromatic heterocycles. The van der Waals surface area contributed by atoms with Gasteiger partial charge in [0.05, 0.1) is 26.4 Å². The van der Waals surface area contributed by atoms with Crippen LogP contribution in [-0.4, -0.2) is 112 Å². The first kappa shape index (κ1) is 38.5. The number of rotatable bonds is 8. The van der Waals surface area contributed by atoms with Crippen molar-refractivity contribution in [1.29, 1.82) is 0 Å². The van der Waals surface area contributed by atoms with Crippen molar-refractivity contribution in [2.24, 2.45) is 45.3 Å². The van der Waals surface area contributed by atoms with Crippen molar-refractivity contribution >= 4 is 32.2 Å². The largest absolute Gasteiger partial charge is 0.533 e. The van der Waals surface area contributed by atoms with E-state index >= 15 is 16.8 Å². The summed E-state index contributed by atoms with van der Waals surface area (Å²) >= 11 is 0. The van der Waals surface area contributed by atoms with E-state index in [1.54, 1.807) is 13.8 Å². The average molecular weight is 787 g/mol. The van der Waals surface area contributed by atoms with Crippen molar-refractivity contribution < 1.29 is 57.9 Å². The maximum absolute atomic E-state index is 15.4. The number of quaternary nitrogens is 2. The summed E-state index contributed by atoms with van der Waals surface area (Å²) in [6.45, 7) is 12.8. The molecule has 12 atom stereocenters. The number of carbonyl (C=O) groups excluding carboxylic acids is 2. The standard InChI is InChI=1S/C38H62N2O11S2/c1-33(2)27-11-17-37(33,29-25(27)13-21-49-29)23-52(43,44)39(31(41)47-7)19-9-15-35(39,5)51-36(6)16-10-20-40(36,32(42)48-8)53(45,46)24-38-18-12-28(34(38,3)4)26-14-22-50-30(26)38/h25-30H,9-24H2,1-8H3/q+2/t25-,26-,27-,28?,29-,30-,35-,36+,37+,38-,39?,40?/m0/s1. The van der Waals surface area contributed by atoms with Gasteiger partial charge in [-0.15, -0.1) is 0 Å². The molecule has 8 rings (SSSR count). The Morgan fingerprint density at radius 2 is 1.00 bits per heavy atom. The molecule has 15 heteroatoms. The molecule has 53 heavy (non-hydrogen) atoms. The number of sulfonamides is 2. The minimum absolute atomic E-state index is 0.0967. The number of hydrogen-bond acceptors (Lipinski definition) is 11. The molecule has 2 amide bonds. The molecule has 4 saturated heterocycles. The van der Waals surface area contributed by atoms with E-state index in [4.69, 9.17) is 23.7 Å². The lowest BCUT2D eigenvalue weighted by Crippen LogP contribution is -2.74. The summed E-state index contributed by atoms with van der Waals surface area (Å²) in [6.07, 6.45) is 3.45. The molecule has 8 aliphatic rings. The van der Waals surface area contributed by atoms with E-state index in [0.717, 1.165) is 25.7 Å². The zero-order valence-electron chi connectivity index (χ0n) is 33.0. The molecule has 300 valence electrons. The second-order valence-corrected chi connectivity index (χ2v) is 23.7. The predicted molar refractivity (Wildman–Crippen MR) is 193 cm³/mol. The van der Waals surface area contributed by atoms with E-state index in [1.165, 1.54) is 14.2 Å². The van der Waals surface area contributed by atoms with Gasteiger partial charge in [0.2, 0.25) is 11.4 Å². The van der Waals surface area contributed by atoms with Gasteiger partial charge in [-0.25, -0.2) is 0 Å². The highest BCUT2D eigenvalue weighted by molar-refractivity contribution is 7.86. The molecular formula is C38H62N2O11S2+2. The molecule has 4 saturated carbocycles. The van der Waals surface area contributed by atoms with Crippen molar-refractivity contribution in [3.8, 4) is 0 Å². The van der Waals surface area contributed by atoms with E-state index in [-0.39, 0.29) is 72.3 Å². The van der Waals surface area contributed by atoms with Gasteiger partial charge in [-0.05, 0) is 73.0 Å². The van der Waals surface area contributed by atoms with Crippen LogP contribution in [-0.2, 0) is 43.7 Å². The molecular weight excluding hydrogens is 725 g/mol. The smallest absolute Gasteiger partial charge is 0.422 e. The average Bonchev–Trinajstić information content (AvgIpc) is 3.94. The highest BCUT2D eigenvalue weighted by Crippen LogP contribution is 2.73. The zero-order valence-corrected chi connectivity index (χ0v) is 34.6. The Bertz CT molecular complexity index is 1680. The Labute approximate surface area is 316 Å².